The molecule has 1 N–H and O–H groups in total. The van der Waals surface area contributed by atoms with Crippen LogP contribution in [0.5, 0.6) is 5.75 Å². The summed E-state index contributed by atoms with van der Waals surface area (Å²) in [6.45, 7) is 1.15. The summed E-state index contributed by atoms with van der Waals surface area (Å²) in [6, 6.07) is 6.82. The van der Waals surface area contributed by atoms with E-state index in [-0.39, 0.29) is 0 Å². The number of hydrogen-bond acceptors (Lipinski definition) is 2. The molecule has 16 heavy (non-hydrogen) atoms. The lowest BCUT2D eigenvalue weighted by atomic mass is 9.97. The molecule has 1 atom stereocenters. The number of ether oxygens (including phenoxy) is 1. The average molecular weight is 284 g/mol. The van der Waals surface area contributed by atoms with Crippen LogP contribution in [0.15, 0.2) is 22.7 Å². The molecule has 1 heterocycles. The van der Waals surface area contributed by atoms with Crippen LogP contribution >= 0.6 is 15.9 Å². The first-order valence-electron chi connectivity index (χ1n) is 5.85. The molecule has 0 bridgehead atoms. The van der Waals surface area contributed by atoms with Crippen LogP contribution < -0.4 is 10.1 Å². The molecule has 88 valence electrons. The number of nitrogens with one attached hydrogen (secondary N) is 1. The minimum atomic E-state index is 0.608. The van der Waals surface area contributed by atoms with E-state index in [0.29, 0.717) is 6.04 Å². The highest BCUT2D eigenvalue weighted by atomic mass is 79.9. The van der Waals surface area contributed by atoms with Gasteiger partial charge in [0, 0.05) is 10.5 Å². The van der Waals surface area contributed by atoms with E-state index in [2.05, 4.69) is 27.3 Å². The van der Waals surface area contributed by atoms with Crippen LogP contribution in [0.4, 0.5) is 0 Å². The smallest absolute Gasteiger partial charge is 0.122 e. The first-order valence-corrected chi connectivity index (χ1v) is 6.64. The molecule has 1 aliphatic heterocycles. The molecule has 0 radical (unpaired) electrons. The summed E-state index contributed by atoms with van der Waals surface area (Å²) in [5.41, 5.74) is 1.29. The second-order valence-electron chi connectivity index (χ2n) is 4.31. The Bertz CT molecular complexity index is 348. The topological polar surface area (TPSA) is 21.3 Å². The summed E-state index contributed by atoms with van der Waals surface area (Å²) in [6.07, 6.45) is 4.98. The van der Waals surface area contributed by atoms with E-state index < -0.39 is 0 Å². The summed E-state index contributed by atoms with van der Waals surface area (Å²) < 4.78 is 6.52. The molecule has 1 aromatic rings. The van der Waals surface area contributed by atoms with Gasteiger partial charge >= 0.3 is 0 Å². The molecule has 2 nitrogen and oxygen atoms in total. The molecule has 0 spiro atoms. The Morgan fingerprint density at radius 3 is 3.00 bits per heavy atom. The van der Waals surface area contributed by atoms with Crippen LogP contribution in [-0.4, -0.2) is 19.7 Å². The molecule has 0 saturated carbocycles. The predicted octanol–water partition coefficient (Wildman–Crippen LogP) is 3.14. The lowest BCUT2D eigenvalue weighted by Crippen LogP contribution is -2.35. The quantitative estimate of drug-likeness (QED) is 0.920. The Morgan fingerprint density at radius 2 is 2.31 bits per heavy atom. The van der Waals surface area contributed by atoms with E-state index in [9.17, 15) is 0 Å². The molecule has 1 unspecified atom stereocenters. The summed E-state index contributed by atoms with van der Waals surface area (Å²) >= 11 is 3.51. The van der Waals surface area contributed by atoms with Crippen LogP contribution in [-0.2, 0) is 6.42 Å². The average Bonchev–Trinajstić information content (AvgIpc) is 2.31. The second kappa shape index (κ2) is 5.69. The third kappa shape index (κ3) is 2.98. The van der Waals surface area contributed by atoms with Crippen molar-refractivity contribution in [2.45, 2.75) is 31.7 Å². The number of piperidine rings is 1. The monoisotopic (exact) mass is 283 g/mol. The lowest BCUT2D eigenvalue weighted by Gasteiger charge is -2.24. The highest BCUT2D eigenvalue weighted by Gasteiger charge is 2.15. The van der Waals surface area contributed by atoms with Gasteiger partial charge in [-0.15, -0.1) is 0 Å². The van der Waals surface area contributed by atoms with Crippen molar-refractivity contribution in [2.75, 3.05) is 13.7 Å². The summed E-state index contributed by atoms with van der Waals surface area (Å²) in [4.78, 5) is 0. The fourth-order valence-corrected chi connectivity index (χ4v) is 2.68. The van der Waals surface area contributed by atoms with Crippen LogP contribution in [0.3, 0.4) is 0 Å². The number of halogens is 1. The van der Waals surface area contributed by atoms with Crippen LogP contribution in [0.1, 0.15) is 24.8 Å². The molecule has 3 heteroatoms. The molecule has 0 aliphatic carbocycles. The van der Waals surface area contributed by atoms with Crippen molar-refractivity contribution in [1.82, 2.24) is 5.32 Å². The number of rotatable bonds is 3. The first kappa shape index (κ1) is 11.9. The fourth-order valence-electron chi connectivity index (χ4n) is 2.27. The molecule has 2 rings (SSSR count). The SMILES string of the molecule is COc1ccc(Br)cc1CC1CCCCN1. The first-order chi connectivity index (χ1) is 7.79. The lowest BCUT2D eigenvalue weighted by molar-refractivity contribution is 0.381. The van der Waals surface area contributed by atoms with Crippen molar-refractivity contribution in [2.24, 2.45) is 0 Å². The summed E-state index contributed by atoms with van der Waals surface area (Å²) in [7, 11) is 1.74. The Morgan fingerprint density at radius 1 is 1.44 bits per heavy atom. The zero-order valence-corrected chi connectivity index (χ0v) is 11.2. The van der Waals surface area contributed by atoms with Gasteiger partial charge in [-0.1, -0.05) is 22.4 Å². The van der Waals surface area contributed by atoms with E-state index in [1.807, 2.05) is 12.1 Å². The highest BCUT2D eigenvalue weighted by molar-refractivity contribution is 9.10. The molecular formula is C13H18BrNO. The Labute approximate surface area is 106 Å². The Kier molecular flexibility index (Phi) is 4.24. The normalized spacial score (nSPS) is 20.8. The van der Waals surface area contributed by atoms with Gasteiger partial charge in [-0.05, 0) is 49.6 Å². The van der Waals surface area contributed by atoms with Crippen molar-refractivity contribution >= 4 is 15.9 Å². The summed E-state index contributed by atoms with van der Waals surface area (Å²) in [5.74, 6) is 0.996. The number of benzene rings is 1. The van der Waals surface area contributed by atoms with Crippen molar-refractivity contribution < 1.29 is 4.74 Å². The maximum atomic E-state index is 5.39. The van der Waals surface area contributed by atoms with E-state index in [4.69, 9.17) is 4.74 Å². The fraction of sp³-hybridized carbons (Fsp3) is 0.538. The van der Waals surface area contributed by atoms with Crippen LogP contribution in [0, 0.1) is 0 Å². The maximum absolute atomic E-state index is 5.39. The van der Waals surface area contributed by atoms with Gasteiger partial charge in [-0.3, -0.25) is 0 Å². The van der Waals surface area contributed by atoms with E-state index >= 15 is 0 Å². The van der Waals surface area contributed by atoms with Gasteiger partial charge in [0.2, 0.25) is 0 Å². The van der Waals surface area contributed by atoms with Crippen molar-refractivity contribution in [3.05, 3.63) is 28.2 Å². The van der Waals surface area contributed by atoms with Gasteiger partial charge in [-0.25, -0.2) is 0 Å². The predicted molar refractivity (Wildman–Crippen MR) is 70.0 cm³/mol. The standard InChI is InChI=1S/C13H18BrNO/c1-16-13-6-5-11(14)8-10(13)9-12-4-2-3-7-15-12/h5-6,8,12,15H,2-4,7,9H2,1H3. The molecule has 0 amide bonds. The van der Waals surface area contributed by atoms with Gasteiger partial charge in [0.1, 0.15) is 5.75 Å². The molecule has 1 aromatic carbocycles. The molecule has 1 saturated heterocycles. The van der Waals surface area contributed by atoms with Gasteiger partial charge in [-0.2, -0.15) is 0 Å². The van der Waals surface area contributed by atoms with Gasteiger partial charge in [0.25, 0.3) is 0 Å². The third-order valence-electron chi connectivity index (χ3n) is 3.12. The van der Waals surface area contributed by atoms with Crippen molar-refractivity contribution in [1.29, 1.82) is 0 Å². The minimum Gasteiger partial charge on any atom is -0.496 e. The molecule has 1 fully saturated rings. The van der Waals surface area contributed by atoms with Crippen LogP contribution in [0.25, 0.3) is 0 Å². The number of hydrogen-bond donors (Lipinski definition) is 1. The third-order valence-corrected chi connectivity index (χ3v) is 3.61. The van der Waals surface area contributed by atoms with Gasteiger partial charge in [0.05, 0.1) is 7.11 Å². The van der Waals surface area contributed by atoms with E-state index in [0.717, 1.165) is 23.2 Å². The van der Waals surface area contributed by atoms with E-state index in [1.165, 1.54) is 24.8 Å². The van der Waals surface area contributed by atoms with Crippen LogP contribution in [0.2, 0.25) is 0 Å². The Balaban J connectivity index is 2.09. The summed E-state index contributed by atoms with van der Waals surface area (Å²) in [5, 5.41) is 3.57. The largest absolute Gasteiger partial charge is 0.496 e. The molecular weight excluding hydrogens is 266 g/mol. The van der Waals surface area contributed by atoms with Crippen molar-refractivity contribution in [3.8, 4) is 5.75 Å². The zero-order valence-electron chi connectivity index (χ0n) is 9.63. The molecule has 0 aromatic heterocycles. The second-order valence-corrected chi connectivity index (χ2v) is 5.22. The van der Waals surface area contributed by atoms with Gasteiger partial charge < -0.3 is 10.1 Å². The maximum Gasteiger partial charge on any atom is 0.122 e. The molecule has 1 aliphatic rings. The Hall–Kier alpha value is -0.540. The zero-order chi connectivity index (χ0) is 11.4. The number of methoxy groups -OCH3 is 1. The minimum absolute atomic E-state index is 0.608. The van der Waals surface area contributed by atoms with Gasteiger partial charge in [0.15, 0.2) is 0 Å². The van der Waals surface area contributed by atoms with Crippen molar-refractivity contribution in [3.63, 3.8) is 0 Å². The highest BCUT2D eigenvalue weighted by Crippen LogP contribution is 2.25. The van der Waals surface area contributed by atoms with E-state index in [1.54, 1.807) is 7.11 Å².